The van der Waals surface area contributed by atoms with Crippen LogP contribution >= 0.6 is 0 Å². The average molecular weight is 239 g/mol. The lowest BCUT2D eigenvalue weighted by Gasteiger charge is -2.26. The van der Waals surface area contributed by atoms with E-state index in [9.17, 15) is 4.79 Å². The molecule has 0 unspecified atom stereocenters. The summed E-state index contributed by atoms with van der Waals surface area (Å²) in [7, 11) is 1.37. The normalized spacial score (nSPS) is 17.0. The summed E-state index contributed by atoms with van der Waals surface area (Å²) < 4.78 is 9.88. The Kier molecular flexibility index (Phi) is 4.13. The number of carbonyl (C=O) groups excluding carboxylic acids is 1. The molecule has 2 heterocycles. The molecular weight excluding hydrogens is 222 g/mol. The molecule has 0 spiro atoms. The highest BCUT2D eigenvalue weighted by Crippen LogP contribution is 2.03. The number of nitrogens with one attached hydrogen (secondary N) is 2. The van der Waals surface area contributed by atoms with Crippen LogP contribution in [0.2, 0.25) is 0 Å². The summed E-state index contributed by atoms with van der Waals surface area (Å²) in [6, 6.07) is 3.60. The first kappa shape index (κ1) is 12.1. The number of H-pyrrole nitrogens is 1. The molecule has 1 aliphatic heterocycles. The molecular formula is C11H17N3O3. The minimum atomic E-state index is -0.345. The Morgan fingerprint density at radius 1 is 1.53 bits per heavy atom. The molecule has 1 fully saturated rings. The fourth-order valence-corrected chi connectivity index (χ4v) is 1.69. The lowest BCUT2D eigenvalue weighted by atomic mass is 10.4. The molecule has 1 aromatic heterocycles. The summed E-state index contributed by atoms with van der Waals surface area (Å²) in [4.78, 5) is 14.2. The van der Waals surface area contributed by atoms with Gasteiger partial charge in [-0.2, -0.15) is 0 Å². The summed E-state index contributed by atoms with van der Waals surface area (Å²) in [6.07, 6.45) is 0. The molecule has 0 radical (unpaired) electrons. The second-order valence-corrected chi connectivity index (χ2v) is 3.82. The largest absolute Gasteiger partial charge is 0.464 e. The topological polar surface area (TPSA) is 66.6 Å². The Labute approximate surface area is 99.9 Å². The van der Waals surface area contributed by atoms with Crippen molar-refractivity contribution in [2.24, 2.45) is 0 Å². The van der Waals surface area contributed by atoms with Gasteiger partial charge in [-0.3, -0.25) is 0 Å². The van der Waals surface area contributed by atoms with E-state index in [-0.39, 0.29) is 5.97 Å². The van der Waals surface area contributed by atoms with Crippen molar-refractivity contribution < 1.29 is 14.3 Å². The first-order valence-electron chi connectivity index (χ1n) is 5.62. The average Bonchev–Trinajstić information content (AvgIpc) is 2.85. The van der Waals surface area contributed by atoms with E-state index in [1.807, 2.05) is 6.07 Å². The molecule has 17 heavy (non-hydrogen) atoms. The lowest BCUT2D eigenvalue weighted by Crippen LogP contribution is -2.45. The smallest absolute Gasteiger partial charge is 0.354 e. The first-order chi connectivity index (χ1) is 8.29. The Hall–Kier alpha value is -1.37. The maximum Gasteiger partial charge on any atom is 0.354 e. The van der Waals surface area contributed by atoms with Crippen molar-refractivity contribution in [3.05, 3.63) is 23.5 Å². The zero-order valence-corrected chi connectivity index (χ0v) is 9.86. The van der Waals surface area contributed by atoms with Crippen molar-refractivity contribution in [3.8, 4) is 0 Å². The first-order valence-corrected chi connectivity index (χ1v) is 5.62. The SMILES string of the molecule is COC(=O)c1ccc(CNN2CCOCC2)[nH]1. The predicted octanol–water partition coefficient (Wildman–Crippen LogP) is 0.138. The van der Waals surface area contributed by atoms with Crippen LogP contribution in [0.1, 0.15) is 16.2 Å². The van der Waals surface area contributed by atoms with Crippen LogP contribution in [0, 0.1) is 0 Å². The minimum absolute atomic E-state index is 0.345. The van der Waals surface area contributed by atoms with Gasteiger partial charge in [0.25, 0.3) is 0 Å². The molecule has 0 amide bonds. The number of methoxy groups -OCH3 is 1. The van der Waals surface area contributed by atoms with E-state index >= 15 is 0 Å². The third-order valence-corrected chi connectivity index (χ3v) is 2.66. The number of hydrogen-bond donors (Lipinski definition) is 2. The summed E-state index contributed by atoms with van der Waals surface area (Å²) in [5.74, 6) is -0.345. The van der Waals surface area contributed by atoms with Gasteiger partial charge in [-0.05, 0) is 12.1 Å². The van der Waals surface area contributed by atoms with E-state index in [1.54, 1.807) is 6.07 Å². The number of morpholine rings is 1. The number of hydrazine groups is 1. The van der Waals surface area contributed by atoms with Gasteiger partial charge in [-0.25, -0.2) is 15.2 Å². The Morgan fingerprint density at radius 3 is 3.00 bits per heavy atom. The van der Waals surface area contributed by atoms with E-state index in [1.165, 1.54) is 7.11 Å². The lowest BCUT2D eigenvalue weighted by molar-refractivity contribution is 0.0104. The van der Waals surface area contributed by atoms with E-state index in [0.717, 1.165) is 32.0 Å². The number of ether oxygens (including phenoxy) is 2. The molecule has 2 N–H and O–H groups in total. The van der Waals surface area contributed by atoms with Crippen molar-refractivity contribution in [2.45, 2.75) is 6.54 Å². The van der Waals surface area contributed by atoms with Crippen LogP contribution in [0.4, 0.5) is 0 Å². The van der Waals surface area contributed by atoms with Crippen LogP contribution in [0.25, 0.3) is 0 Å². The molecule has 0 aromatic carbocycles. The van der Waals surface area contributed by atoms with Gasteiger partial charge in [0.2, 0.25) is 0 Å². The van der Waals surface area contributed by atoms with Gasteiger partial charge in [0.05, 0.1) is 26.9 Å². The summed E-state index contributed by atoms with van der Waals surface area (Å²) in [5.41, 5.74) is 4.71. The third-order valence-electron chi connectivity index (χ3n) is 2.66. The number of hydrogen-bond acceptors (Lipinski definition) is 5. The number of esters is 1. The zero-order valence-electron chi connectivity index (χ0n) is 9.86. The number of carbonyl (C=O) groups is 1. The van der Waals surface area contributed by atoms with Gasteiger partial charge in [0.1, 0.15) is 5.69 Å². The number of rotatable bonds is 4. The number of nitrogens with zero attached hydrogens (tertiary/aromatic N) is 1. The van der Waals surface area contributed by atoms with Gasteiger partial charge < -0.3 is 14.5 Å². The van der Waals surface area contributed by atoms with E-state index in [0.29, 0.717) is 12.2 Å². The number of aromatic nitrogens is 1. The highest BCUT2D eigenvalue weighted by atomic mass is 16.5. The highest BCUT2D eigenvalue weighted by molar-refractivity contribution is 5.87. The fraction of sp³-hybridized carbons (Fsp3) is 0.545. The van der Waals surface area contributed by atoms with Crippen molar-refractivity contribution in [3.63, 3.8) is 0 Å². The number of aromatic amines is 1. The van der Waals surface area contributed by atoms with Crippen molar-refractivity contribution in [1.82, 2.24) is 15.4 Å². The molecule has 0 atom stereocenters. The molecule has 0 aliphatic carbocycles. The third kappa shape index (κ3) is 3.29. The Bertz CT molecular complexity index is 372. The second kappa shape index (κ2) is 5.81. The van der Waals surface area contributed by atoms with Crippen molar-refractivity contribution in [2.75, 3.05) is 33.4 Å². The van der Waals surface area contributed by atoms with E-state index < -0.39 is 0 Å². The Morgan fingerprint density at radius 2 is 2.29 bits per heavy atom. The summed E-state index contributed by atoms with van der Waals surface area (Å²) >= 11 is 0. The van der Waals surface area contributed by atoms with Gasteiger partial charge in [0, 0.05) is 18.8 Å². The zero-order chi connectivity index (χ0) is 12.1. The van der Waals surface area contributed by atoms with Crippen LogP contribution in [-0.2, 0) is 16.0 Å². The predicted molar refractivity (Wildman–Crippen MR) is 61.4 cm³/mol. The molecule has 94 valence electrons. The molecule has 6 nitrogen and oxygen atoms in total. The van der Waals surface area contributed by atoms with Gasteiger partial charge in [-0.15, -0.1) is 0 Å². The van der Waals surface area contributed by atoms with Crippen molar-refractivity contribution >= 4 is 5.97 Å². The molecule has 1 aromatic rings. The summed E-state index contributed by atoms with van der Waals surface area (Å²) in [5, 5.41) is 2.11. The molecule has 0 saturated carbocycles. The minimum Gasteiger partial charge on any atom is -0.464 e. The molecule has 6 heteroatoms. The van der Waals surface area contributed by atoms with Gasteiger partial charge in [-0.1, -0.05) is 0 Å². The van der Waals surface area contributed by atoms with Gasteiger partial charge in [0.15, 0.2) is 0 Å². The van der Waals surface area contributed by atoms with Gasteiger partial charge >= 0.3 is 5.97 Å². The van der Waals surface area contributed by atoms with E-state index in [4.69, 9.17) is 4.74 Å². The summed E-state index contributed by atoms with van der Waals surface area (Å²) in [6.45, 7) is 3.93. The molecule has 1 saturated heterocycles. The maximum atomic E-state index is 11.2. The van der Waals surface area contributed by atoms with Crippen LogP contribution in [0.15, 0.2) is 12.1 Å². The van der Waals surface area contributed by atoms with Crippen LogP contribution in [0.5, 0.6) is 0 Å². The standard InChI is InChI=1S/C11H17N3O3/c1-16-11(15)10-3-2-9(13-10)8-12-14-4-6-17-7-5-14/h2-3,12-13H,4-8H2,1H3. The van der Waals surface area contributed by atoms with Crippen molar-refractivity contribution in [1.29, 1.82) is 0 Å². The van der Waals surface area contributed by atoms with Crippen LogP contribution < -0.4 is 5.43 Å². The Balaban J connectivity index is 1.82. The molecule has 2 rings (SSSR count). The van der Waals surface area contributed by atoms with Crippen LogP contribution in [-0.4, -0.2) is 49.4 Å². The van der Waals surface area contributed by atoms with E-state index in [2.05, 4.69) is 20.2 Å². The quantitative estimate of drug-likeness (QED) is 0.731. The van der Waals surface area contributed by atoms with Crippen LogP contribution in [0.3, 0.4) is 0 Å². The molecule has 1 aliphatic rings. The second-order valence-electron chi connectivity index (χ2n) is 3.82. The molecule has 0 bridgehead atoms. The highest BCUT2D eigenvalue weighted by Gasteiger charge is 2.11. The maximum absolute atomic E-state index is 11.2. The fourth-order valence-electron chi connectivity index (χ4n) is 1.69. The monoisotopic (exact) mass is 239 g/mol.